The van der Waals surface area contributed by atoms with Crippen molar-refractivity contribution in [3.63, 3.8) is 0 Å². The Hall–Kier alpha value is -2.02. The standard InChI is InChI=1S/C18H24N4O2S/c1-13-7-6-10-22(11-13)16(23)12-25-18-20-19-17(21(18)2)14-8-4-5-9-15(14)24-3/h4-5,8-9,13H,6-7,10-12H2,1-3H3/t13-/m1/s1. The molecule has 0 N–H and O–H groups in total. The molecule has 1 atom stereocenters. The molecule has 7 heteroatoms. The third-order valence-corrected chi connectivity index (χ3v) is 5.52. The van der Waals surface area contributed by atoms with Gasteiger partial charge in [0, 0.05) is 20.1 Å². The number of thioether (sulfide) groups is 1. The average Bonchev–Trinajstić information content (AvgIpc) is 3.00. The number of carbonyl (C=O) groups is 1. The Morgan fingerprint density at radius 2 is 2.16 bits per heavy atom. The predicted molar refractivity (Wildman–Crippen MR) is 98.7 cm³/mol. The van der Waals surface area contributed by atoms with Gasteiger partial charge in [-0.15, -0.1) is 10.2 Å². The van der Waals surface area contributed by atoms with Crippen LogP contribution in [0.4, 0.5) is 0 Å². The summed E-state index contributed by atoms with van der Waals surface area (Å²) in [7, 11) is 3.56. The van der Waals surface area contributed by atoms with Gasteiger partial charge in [-0.2, -0.15) is 0 Å². The summed E-state index contributed by atoms with van der Waals surface area (Å²) in [6.45, 7) is 3.94. The normalized spacial score (nSPS) is 17.6. The second-order valence-corrected chi connectivity index (χ2v) is 7.38. The van der Waals surface area contributed by atoms with Gasteiger partial charge in [0.1, 0.15) is 5.75 Å². The molecule has 0 aliphatic carbocycles. The molecule has 1 aliphatic heterocycles. The zero-order chi connectivity index (χ0) is 17.8. The van der Waals surface area contributed by atoms with Crippen molar-refractivity contribution in [3.05, 3.63) is 24.3 Å². The van der Waals surface area contributed by atoms with Gasteiger partial charge in [0.25, 0.3) is 0 Å². The van der Waals surface area contributed by atoms with Crippen LogP contribution in [0.25, 0.3) is 11.4 Å². The highest BCUT2D eigenvalue weighted by molar-refractivity contribution is 7.99. The van der Waals surface area contributed by atoms with Crippen LogP contribution >= 0.6 is 11.8 Å². The fourth-order valence-corrected chi connectivity index (χ4v) is 3.95. The molecule has 0 unspecified atom stereocenters. The lowest BCUT2D eigenvalue weighted by Gasteiger charge is -2.30. The van der Waals surface area contributed by atoms with Crippen LogP contribution in [0.15, 0.2) is 29.4 Å². The van der Waals surface area contributed by atoms with E-state index in [2.05, 4.69) is 17.1 Å². The molecule has 0 spiro atoms. The number of rotatable bonds is 5. The van der Waals surface area contributed by atoms with Crippen molar-refractivity contribution in [2.75, 3.05) is 26.0 Å². The van der Waals surface area contributed by atoms with Crippen LogP contribution in [-0.4, -0.2) is 51.5 Å². The summed E-state index contributed by atoms with van der Waals surface area (Å²) < 4.78 is 7.31. The van der Waals surface area contributed by atoms with E-state index >= 15 is 0 Å². The second-order valence-electron chi connectivity index (χ2n) is 6.44. The third kappa shape index (κ3) is 3.98. The minimum absolute atomic E-state index is 0.179. The SMILES string of the molecule is COc1ccccc1-c1nnc(SCC(=O)N2CCC[C@@H](C)C2)n1C. The highest BCUT2D eigenvalue weighted by Gasteiger charge is 2.22. The Bertz CT molecular complexity index is 746. The summed E-state index contributed by atoms with van der Waals surface area (Å²) in [6, 6.07) is 7.72. The van der Waals surface area contributed by atoms with E-state index in [9.17, 15) is 4.79 Å². The van der Waals surface area contributed by atoms with Gasteiger partial charge < -0.3 is 14.2 Å². The first-order chi connectivity index (χ1) is 12.1. The molecule has 3 rings (SSSR count). The Morgan fingerprint density at radius 3 is 2.92 bits per heavy atom. The number of amides is 1. The number of aromatic nitrogens is 3. The number of piperidine rings is 1. The van der Waals surface area contributed by atoms with Crippen molar-refractivity contribution >= 4 is 17.7 Å². The van der Waals surface area contributed by atoms with Crippen LogP contribution < -0.4 is 4.74 Å². The molecule has 1 aliphatic rings. The van der Waals surface area contributed by atoms with Gasteiger partial charge >= 0.3 is 0 Å². The Kier molecular flexibility index (Phi) is 5.63. The number of hydrogen-bond donors (Lipinski definition) is 0. The average molecular weight is 360 g/mol. The Labute approximate surface area is 152 Å². The van der Waals surface area contributed by atoms with Crippen molar-refractivity contribution in [1.29, 1.82) is 0 Å². The first-order valence-electron chi connectivity index (χ1n) is 8.53. The van der Waals surface area contributed by atoms with Crippen molar-refractivity contribution in [3.8, 4) is 17.1 Å². The van der Waals surface area contributed by atoms with Gasteiger partial charge in [0.05, 0.1) is 18.4 Å². The molecule has 0 radical (unpaired) electrons. The number of para-hydroxylation sites is 1. The minimum Gasteiger partial charge on any atom is -0.496 e. The third-order valence-electron chi connectivity index (χ3n) is 4.52. The number of hydrogen-bond acceptors (Lipinski definition) is 5. The van der Waals surface area contributed by atoms with Crippen LogP contribution in [0.1, 0.15) is 19.8 Å². The van der Waals surface area contributed by atoms with E-state index in [0.29, 0.717) is 11.7 Å². The van der Waals surface area contributed by atoms with E-state index in [-0.39, 0.29) is 5.91 Å². The summed E-state index contributed by atoms with van der Waals surface area (Å²) in [5.41, 5.74) is 0.892. The minimum atomic E-state index is 0.179. The number of likely N-dealkylation sites (tertiary alicyclic amines) is 1. The molecule has 134 valence electrons. The fourth-order valence-electron chi connectivity index (χ4n) is 3.14. The van der Waals surface area contributed by atoms with E-state index in [1.807, 2.05) is 40.8 Å². The van der Waals surface area contributed by atoms with Gasteiger partial charge in [0.15, 0.2) is 11.0 Å². The van der Waals surface area contributed by atoms with Crippen LogP contribution in [0.2, 0.25) is 0 Å². The van der Waals surface area contributed by atoms with Crippen LogP contribution in [-0.2, 0) is 11.8 Å². The quantitative estimate of drug-likeness (QED) is 0.768. The lowest BCUT2D eigenvalue weighted by atomic mass is 10.0. The second kappa shape index (κ2) is 7.91. The molecule has 1 amide bonds. The zero-order valence-electron chi connectivity index (χ0n) is 14.9. The largest absolute Gasteiger partial charge is 0.496 e. The van der Waals surface area contributed by atoms with Crippen LogP contribution in [0.3, 0.4) is 0 Å². The van der Waals surface area contributed by atoms with Crippen LogP contribution in [0.5, 0.6) is 5.75 Å². The summed E-state index contributed by atoms with van der Waals surface area (Å²) >= 11 is 1.44. The number of nitrogens with zero attached hydrogens (tertiary/aromatic N) is 4. The Morgan fingerprint density at radius 1 is 1.36 bits per heavy atom. The lowest BCUT2D eigenvalue weighted by Crippen LogP contribution is -2.40. The summed E-state index contributed by atoms with van der Waals surface area (Å²) in [4.78, 5) is 14.4. The number of methoxy groups -OCH3 is 1. The van der Waals surface area contributed by atoms with Crippen LogP contribution in [0, 0.1) is 5.92 Å². The van der Waals surface area contributed by atoms with E-state index < -0.39 is 0 Å². The smallest absolute Gasteiger partial charge is 0.233 e. The number of carbonyl (C=O) groups excluding carboxylic acids is 1. The van der Waals surface area contributed by atoms with Crippen molar-refractivity contribution in [2.45, 2.75) is 24.9 Å². The zero-order valence-corrected chi connectivity index (χ0v) is 15.8. The molecule has 25 heavy (non-hydrogen) atoms. The predicted octanol–water partition coefficient (Wildman–Crippen LogP) is 2.84. The molecule has 2 aromatic rings. The molecule has 1 aromatic carbocycles. The molecular weight excluding hydrogens is 336 g/mol. The summed E-state index contributed by atoms with van der Waals surface area (Å²) in [5.74, 6) is 2.66. The topological polar surface area (TPSA) is 60.3 Å². The number of benzene rings is 1. The molecule has 1 aromatic heterocycles. The Balaban J connectivity index is 1.68. The van der Waals surface area contributed by atoms with Gasteiger partial charge in [-0.3, -0.25) is 4.79 Å². The highest BCUT2D eigenvalue weighted by atomic mass is 32.2. The van der Waals surface area contributed by atoms with Gasteiger partial charge in [-0.05, 0) is 30.9 Å². The summed E-state index contributed by atoms with van der Waals surface area (Å²) in [5, 5.41) is 9.27. The molecule has 1 fully saturated rings. The molecular formula is C18H24N4O2S. The van der Waals surface area contributed by atoms with Gasteiger partial charge in [-0.1, -0.05) is 30.8 Å². The number of ether oxygens (including phenoxy) is 1. The molecule has 0 saturated carbocycles. The van der Waals surface area contributed by atoms with Crippen molar-refractivity contribution in [1.82, 2.24) is 19.7 Å². The van der Waals surface area contributed by atoms with E-state index in [4.69, 9.17) is 4.74 Å². The maximum Gasteiger partial charge on any atom is 0.233 e. The molecule has 2 heterocycles. The van der Waals surface area contributed by atoms with Gasteiger partial charge in [-0.25, -0.2) is 0 Å². The van der Waals surface area contributed by atoms with E-state index in [1.165, 1.54) is 18.2 Å². The highest BCUT2D eigenvalue weighted by Crippen LogP contribution is 2.30. The molecule has 6 nitrogen and oxygen atoms in total. The molecule has 0 bridgehead atoms. The first-order valence-corrected chi connectivity index (χ1v) is 9.52. The summed E-state index contributed by atoms with van der Waals surface area (Å²) in [6.07, 6.45) is 2.31. The van der Waals surface area contributed by atoms with E-state index in [1.54, 1.807) is 7.11 Å². The van der Waals surface area contributed by atoms with Crippen molar-refractivity contribution in [2.24, 2.45) is 13.0 Å². The van der Waals surface area contributed by atoms with Crippen molar-refractivity contribution < 1.29 is 9.53 Å². The molecule has 1 saturated heterocycles. The maximum atomic E-state index is 12.4. The maximum absolute atomic E-state index is 12.4. The fraction of sp³-hybridized carbons (Fsp3) is 0.500. The lowest BCUT2D eigenvalue weighted by molar-refractivity contribution is -0.130. The first kappa shape index (κ1) is 17.8. The van der Waals surface area contributed by atoms with E-state index in [0.717, 1.165) is 41.8 Å². The monoisotopic (exact) mass is 360 g/mol. The van der Waals surface area contributed by atoms with Gasteiger partial charge in [0.2, 0.25) is 5.91 Å².